The quantitative estimate of drug-likeness (QED) is 0.139. The molecule has 7 aromatic rings. The molecule has 0 aromatic heterocycles. The summed E-state index contributed by atoms with van der Waals surface area (Å²) in [5, 5.41) is 10.00. The van der Waals surface area contributed by atoms with E-state index in [2.05, 4.69) is 120 Å². The molecule has 0 aliphatic rings. The predicted molar refractivity (Wildman–Crippen MR) is 154 cm³/mol. The molecule has 0 unspecified atom stereocenters. The van der Waals surface area contributed by atoms with Crippen LogP contribution in [0.3, 0.4) is 0 Å². The fourth-order valence-electron chi connectivity index (χ4n) is 5.62. The van der Waals surface area contributed by atoms with Crippen LogP contribution in [0, 0.1) is 6.57 Å². The Morgan fingerprint density at radius 2 is 0.861 bits per heavy atom. The maximum atomic E-state index is 7.33. The van der Waals surface area contributed by atoms with Gasteiger partial charge in [-0.2, -0.15) is 0 Å². The maximum absolute atomic E-state index is 7.33. The molecule has 0 amide bonds. The van der Waals surface area contributed by atoms with E-state index in [0.29, 0.717) is 5.69 Å². The summed E-state index contributed by atoms with van der Waals surface area (Å²) < 4.78 is 0. The van der Waals surface area contributed by atoms with Crippen molar-refractivity contribution in [1.82, 2.24) is 0 Å². The average molecular weight is 456 g/mol. The minimum atomic E-state index is 0.660. The van der Waals surface area contributed by atoms with Crippen LogP contribution in [0.5, 0.6) is 0 Å². The minimum Gasteiger partial charge on any atom is -0.238 e. The second-order valence-electron chi connectivity index (χ2n) is 9.22. The third-order valence-electron chi connectivity index (χ3n) is 7.25. The SMILES string of the molecule is [C-]#[N+]c1ccc(-c2c3ccccc3c(-c3ccc4c(ccc5ccccc54)c3)c3ccccc23)cc1. The maximum Gasteiger partial charge on any atom is 0.187 e. The van der Waals surface area contributed by atoms with Gasteiger partial charge < -0.3 is 0 Å². The molecule has 0 N–H and O–H groups in total. The van der Waals surface area contributed by atoms with Crippen LogP contribution in [0.1, 0.15) is 0 Å². The molecule has 0 heterocycles. The van der Waals surface area contributed by atoms with Crippen LogP contribution in [0.15, 0.2) is 127 Å². The molecule has 0 atom stereocenters. The summed E-state index contributed by atoms with van der Waals surface area (Å²) in [5.74, 6) is 0. The Kier molecular flexibility index (Phi) is 4.59. The van der Waals surface area contributed by atoms with E-state index in [0.717, 1.165) is 5.56 Å². The molecule has 0 fully saturated rings. The van der Waals surface area contributed by atoms with Gasteiger partial charge in [0.05, 0.1) is 6.57 Å². The van der Waals surface area contributed by atoms with Crippen molar-refractivity contribution in [1.29, 1.82) is 0 Å². The Bertz CT molecular complexity index is 1930. The third kappa shape index (κ3) is 3.09. The van der Waals surface area contributed by atoms with Crippen LogP contribution in [0.4, 0.5) is 5.69 Å². The number of nitrogens with zero attached hydrogens (tertiary/aromatic N) is 1. The highest BCUT2D eigenvalue weighted by molar-refractivity contribution is 6.22. The molecule has 1 nitrogen and oxygen atoms in total. The van der Waals surface area contributed by atoms with E-state index in [4.69, 9.17) is 6.57 Å². The van der Waals surface area contributed by atoms with Crippen molar-refractivity contribution in [2.24, 2.45) is 0 Å². The zero-order chi connectivity index (χ0) is 24.1. The molecule has 1 heteroatoms. The van der Waals surface area contributed by atoms with Crippen molar-refractivity contribution < 1.29 is 0 Å². The molecule has 0 saturated carbocycles. The molecule has 7 rings (SSSR count). The first kappa shape index (κ1) is 20.4. The highest BCUT2D eigenvalue weighted by atomic mass is 14.6. The Morgan fingerprint density at radius 3 is 1.47 bits per heavy atom. The second kappa shape index (κ2) is 8.08. The number of hydrogen-bond donors (Lipinski definition) is 0. The molecular formula is C35H21N. The van der Waals surface area contributed by atoms with Gasteiger partial charge in [0.2, 0.25) is 0 Å². The molecule has 0 radical (unpaired) electrons. The van der Waals surface area contributed by atoms with Crippen LogP contribution in [0.25, 0.3) is 70.2 Å². The number of hydrogen-bond acceptors (Lipinski definition) is 0. The van der Waals surface area contributed by atoms with Crippen molar-refractivity contribution >= 4 is 48.8 Å². The van der Waals surface area contributed by atoms with E-state index >= 15 is 0 Å². The van der Waals surface area contributed by atoms with Crippen LogP contribution < -0.4 is 0 Å². The lowest BCUT2D eigenvalue weighted by atomic mass is 9.85. The highest BCUT2D eigenvalue weighted by Gasteiger charge is 2.16. The molecule has 7 aromatic carbocycles. The van der Waals surface area contributed by atoms with Crippen molar-refractivity contribution in [3.63, 3.8) is 0 Å². The summed E-state index contributed by atoms with van der Waals surface area (Å²) in [6, 6.07) is 45.3. The Labute approximate surface area is 209 Å². The second-order valence-corrected chi connectivity index (χ2v) is 9.22. The van der Waals surface area contributed by atoms with E-state index in [1.165, 1.54) is 59.8 Å². The van der Waals surface area contributed by atoms with E-state index in [-0.39, 0.29) is 0 Å². The van der Waals surface area contributed by atoms with E-state index in [9.17, 15) is 0 Å². The van der Waals surface area contributed by atoms with Crippen molar-refractivity contribution in [2.45, 2.75) is 0 Å². The number of rotatable bonds is 2. The molecule has 0 spiro atoms. The first-order valence-corrected chi connectivity index (χ1v) is 12.1. The molecule has 0 aliphatic carbocycles. The number of benzene rings is 7. The fraction of sp³-hybridized carbons (Fsp3) is 0. The van der Waals surface area contributed by atoms with Gasteiger partial charge in [-0.15, -0.1) is 0 Å². The van der Waals surface area contributed by atoms with Gasteiger partial charge in [0.15, 0.2) is 5.69 Å². The van der Waals surface area contributed by atoms with Gasteiger partial charge in [0, 0.05) is 0 Å². The highest BCUT2D eigenvalue weighted by Crippen LogP contribution is 2.44. The van der Waals surface area contributed by atoms with Crippen LogP contribution in [-0.4, -0.2) is 0 Å². The summed E-state index contributed by atoms with van der Waals surface area (Å²) in [6.45, 7) is 7.33. The van der Waals surface area contributed by atoms with Crippen LogP contribution in [-0.2, 0) is 0 Å². The summed E-state index contributed by atoms with van der Waals surface area (Å²) in [7, 11) is 0. The Balaban J connectivity index is 1.56. The lowest BCUT2D eigenvalue weighted by Gasteiger charge is -2.18. The summed E-state index contributed by atoms with van der Waals surface area (Å²) in [6.07, 6.45) is 0. The van der Waals surface area contributed by atoms with E-state index < -0.39 is 0 Å². The van der Waals surface area contributed by atoms with Gasteiger partial charge in [-0.3, -0.25) is 0 Å². The number of fused-ring (bicyclic) bond motifs is 5. The zero-order valence-corrected chi connectivity index (χ0v) is 19.6. The average Bonchev–Trinajstić information content (AvgIpc) is 2.95. The lowest BCUT2D eigenvalue weighted by molar-refractivity contribution is 1.66. The van der Waals surface area contributed by atoms with Crippen LogP contribution >= 0.6 is 0 Å². The largest absolute Gasteiger partial charge is 0.238 e. The Hall–Kier alpha value is -4.93. The van der Waals surface area contributed by atoms with E-state index in [1.54, 1.807) is 0 Å². The molecule has 0 aliphatic heterocycles. The fourth-order valence-corrected chi connectivity index (χ4v) is 5.62. The van der Waals surface area contributed by atoms with Gasteiger partial charge >= 0.3 is 0 Å². The molecule has 36 heavy (non-hydrogen) atoms. The van der Waals surface area contributed by atoms with Gasteiger partial charge in [0.1, 0.15) is 0 Å². The van der Waals surface area contributed by atoms with Gasteiger partial charge in [0.25, 0.3) is 0 Å². The van der Waals surface area contributed by atoms with E-state index in [1.807, 2.05) is 12.1 Å². The minimum absolute atomic E-state index is 0.660. The monoisotopic (exact) mass is 455 g/mol. The predicted octanol–water partition coefficient (Wildman–Crippen LogP) is 10.2. The first-order valence-electron chi connectivity index (χ1n) is 12.1. The normalized spacial score (nSPS) is 11.3. The summed E-state index contributed by atoms with van der Waals surface area (Å²) in [5.41, 5.74) is 5.49. The Morgan fingerprint density at radius 1 is 0.389 bits per heavy atom. The summed E-state index contributed by atoms with van der Waals surface area (Å²) >= 11 is 0. The molecule has 0 bridgehead atoms. The smallest absolute Gasteiger partial charge is 0.187 e. The van der Waals surface area contributed by atoms with Crippen molar-refractivity contribution in [3.8, 4) is 22.3 Å². The van der Waals surface area contributed by atoms with Gasteiger partial charge in [-0.05, 0) is 71.4 Å². The topological polar surface area (TPSA) is 4.36 Å². The third-order valence-corrected chi connectivity index (χ3v) is 7.25. The molecule has 166 valence electrons. The lowest BCUT2D eigenvalue weighted by Crippen LogP contribution is -1.91. The molecule has 0 saturated heterocycles. The first-order chi connectivity index (χ1) is 17.8. The van der Waals surface area contributed by atoms with Gasteiger partial charge in [-0.25, -0.2) is 4.85 Å². The standard InChI is InChI=1S/C35H21N/c1-36-27-19-16-24(17-20-27)34-30-10-4-6-12-32(30)35(33-13-7-5-11-31(33)34)26-18-21-29-25(22-26)15-14-23-8-2-3-9-28(23)29/h2-22H. The summed E-state index contributed by atoms with van der Waals surface area (Å²) in [4.78, 5) is 3.58. The van der Waals surface area contributed by atoms with Gasteiger partial charge in [-0.1, -0.05) is 121 Å². The van der Waals surface area contributed by atoms with Crippen LogP contribution in [0.2, 0.25) is 0 Å². The zero-order valence-electron chi connectivity index (χ0n) is 19.6. The van der Waals surface area contributed by atoms with Crippen molar-refractivity contribution in [3.05, 3.63) is 139 Å². The molecular weight excluding hydrogens is 434 g/mol. The van der Waals surface area contributed by atoms with Crippen molar-refractivity contribution in [2.75, 3.05) is 0 Å².